The van der Waals surface area contributed by atoms with Gasteiger partial charge in [-0.2, -0.15) is 0 Å². The highest BCUT2D eigenvalue weighted by Gasteiger charge is 2.29. The number of carboxylic acids is 1. The summed E-state index contributed by atoms with van der Waals surface area (Å²) in [5.41, 5.74) is 0.624. The maximum Gasteiger partial charge on any atom is 0.307 e. The second-order valence-corrected chi connectivity index (χ2v) is 9.10. The molecule has 4 rings (SSSR count). The SMILES string of the molecule is O=C(O)[C@H]1CCN(CC(O)COc2cc(Br)ccc2-c2cc(=O)c3cccc(Cl)c3o2)C1. The normalized spacial score (nSPS) is 17.5. The summed E-state index contributed by atoms with van der Waals surface area (Å²) < 4.78 is 12.6. The third kappa shape index (κ3) is 4.99. The Labute approximate surface area is 197 Å². The highest BCUT2D eigenvalue weighted by molar-refractivity contribution is 9.10. The summed E-state index contributed by atoms with van der Waals surface area (Å²) in [4.78, 5) is 25.6. The van der Waals surface area contributed by atoms with Crippen LogP contribution in [0.15, 0.2) is 56.1 Å². The van der Waals surface area contributed by atoms with Crippen LogP contribution in [0.5, 0.6) is 5.75 Å². The number of aliphatic hydroxyl groups excluding tert-OH is 1. The van der Waals surface area contributed by atoms with Crippen molar-refractivity contribution in [2.75, 3.05) is 26.2 Å². The molecular formula is C23H21BrClNO6. The van der Waals surface area contributed by atoms with Crippen LogP contribution in [0.1, 0.15) is 6.42 Å². The van der Waals surface area contributed by atoms with Crippen molar-refractivity contribution in [2.24, 2.45) is 5.92 Å². The Bertz CT molecular complexity index is 1210. The van der Waals surface area contributed by atoms with Gasteiger partial charge < -0.3 is 19.4 Å². The van der Waals surface area contributed by atoms with Crippen LogP contribution in [0, 0.1) is 5.92 Å². The van der Waals surface area contributed by atoms with Crippen molar-refractivity contribution in [3.05, 3.63) is 62.2 Å². The standard InChI is InChI=1S/C23H21BrClNO6/c24-14-4-5-17(21-9-19(28)16-2-1-3-18(25)22(16)32-21)20(8-14)31-12-15(27)11-26-7-6-13(10-26)23(29)30/h1-5,8-9,13,15,27H,6-7,10-12H2,(H,29,30)/t13-,15?/m0/s1. The quantitative estimate of drug-likeness (QED) is 0.483. The van der Waals surface area contributed by atoms with Crippen LogP contribution in [0.4, 0.5) is 0 Å². The van der Waals surface area contributed by atoms with E-state index in [0.29, 0.717) is 59.1 Å². The number of carbonyl (C=O) groups is 1. The predicted molar refractivity (Wildman–Crippen MR) is 124 cm³/mol. The van der Waals surface area contributed by atoms with Crippen molar-refractivity contribution >= 4 is 44.5 Å². The van der Waals surface area contributed by atoms with Crippen LogP contribution in [0.2, 0.25) is 5.02 Å². The van der Waals surface area contributed by atoms with Gasteiger partial charge in [0.15, 0.2) is 11.0 Å². The van der Waals surface area contributed by atoms with Crippen LogP contribution >= 0.6 is 27.5 Å². The van der Waals surface area contributed by atoms with Crippen LogP contribution in [0.25, 0.3) is 22.3 Å². The first-order valence-electron chi connectivity index (χ1n) is 10.1. The van der Waals surface area contributed by atoms with Gasteiger partial charge in [-0.15, -0.1) is 0 Å². The number of carboxylic acid groups (broad SMARTS) is 1. The molecule has 2 atom stereocenters. The Morgan fingerprint density at radius 2 is 2.12 bits per heavy atom. The zero-order valence-corrected chi connectivity index (χ0v) is 19.3. The number of likely N-dealkylation sites (tertiary alicyclic amines) is 1. The van der Waals surface area contributed by atoms with Gasteiger partial charge in [0.2, 0.25) is 0 Å². The Morgan fingerprint density at radius 1 is 1.31 bits per heavy atom. The maximum atomic E-state index is 12.6. The van der Waals surface area contributed by atoms with Gasteiger partial charge in [0.05, 0.1) is 21.9 Å². The molecule has 0 aliphatic carbocycles. The summed E-state index contributed by atoms with van der Waals surface area (Å²) >= 11 is 9.63. The molecule has 1 unspecified atom stereocenters. The lowest BCUT2D eigenvalue weighted by Gasteiger charge is -2.20. The molecule has 2 N–H and O–H groups in total. The number of para-hydroxylation sites is 1. The summed E-state index contributed by atoms with van der Waals surface area (Å²) in [5, 5.41) is 20.3. The van der Waals surface area contributed by atoms with Crippen molar-refractivity contribution in [3.63, 3.8) is 0 Å². The van der Waals surface area contributed by atoms with E-state index in [-0.39, 0.29) is 12.0 Å². The Balaban J connectivity index is 1.53. The lowest BCUT2D eigenvalue weighted by Crippen LogP contribution is -2.34. The third-order valence-electron chi connectivity index (χ3n) is 5.44. The summed E-state index contributed by atoms with van der Waals surface area (Å²) in [6.45, 7) is 1.35. The molecule has 0 bridgehead atoms. The summed E-state index contributed by atoms with van der Waals surface area (Å²) in [5.74, 6) is -0.481. The van der Waals surface area contributed by atoms with Gasteiger partial charge in [-0.05, 0) is 43.3 Å². The molecule has 3 aromatic rings. The number of hydrogen-bond donors (Lipinski definition) is 2. The fraction of sp³-hybridized carbons (Fsp3) is 0.304. The number of aliphatic carboxylic acids is 1. The molecular weight excluding hydrogens is 502 g/mol. The van der Waals surface area contributed by atoms with Gasteiger partial charge in [-0.25, -0.2) is 0 Å². The zero-order valence-electron chi connectivity index (χ0n) is 17.0. The van der Waals surface area contributed by atoms with E-state index < -0.39 is 18.0 Å². The molecule has 0 radical (unpaired) electrons. The number of hydrogen-bond acceptors (Lipinski definition) is 6. The second kappa shape index (κ2) is 9.62. The smallest absolute Gasteiger partial charge is 0.307 e. The molecule has 9 heteroatoms. The minimum atomic E-state index is -0.813. The second-order valence-electron chi connectivity index (χ2n) is 7.78. The first-order valence-corrected chi connectivity index (χ1v) is 11.3. The maximum absolute atomic E-state index is 12.6. The summed E-state index contributed by atoms with van der Waals surface area (Å²) in [6.07, 6.45) is -0.241. The van der Waals surface area contributed by atoms with Crippen LogP contribution < -0.4 is 10.2 Å². The van der Waals surface area contributed by atoms with Crippen LogP contribution in [0.3, 0.4) is 0 Å². The number of nitrogens with zero attached hydrogens (tertiary/aromatic N) is 1. The molecule has 7 nitrogen and oxygen atoms in total. The topological polar surface area (TPSA) is 100 Å². The lowest BCUT2D eigenvalue weighted by atomic mass is 10.1. The third-order valence-corrected chi connectivity index (χ3v) is 6.23. The predicted octanol–water partition coefficient (Wildman–Crippen LogP) is 4.02. The van der Waals surface area contributed by atoms with E-state index in [9.17, 15) is 14.7 Å². The van der Waals surface area contributed by atoms with Crippen LogP contribution in [-0.4, -0.2) is 53.4 Å². The first-order chi connectivity index (χ1) is 15.3. The number of halogens is 2. The Hall–Kier alpha value is -2.39. The number of ether oxygens (including phenoxy) is 1. The number of rotatable bonds is 7. The van der Waals surface area contributed by atoms with Crippen molar-refractivity contribution in [1.82, 2.24) is 4.90 Å². The molecule has 2 aromatic carbocycles. The number of fused-ring (bicyclic) bond motifs is 1. The first kappa shape index (κ1) is 22.8. The van der Waals surface area contributed by atoms with E-state index >= 15 is 0 Å². The van der Waals surface area contributed by atoms with Gasteiger partial charge in [-0.3, -0.25) is 14.5 Å². The van der Waals surface area contributed by atoms with E-state index in [0.717, 1.165) is 4.47 Å². The summed E-state index contributed by atoms with van der Waals surface area (Å²) in [7, 11) is 0. The highest BCUT2D eigenvalue weighted by Crippen LogP contribution is 2.34. The van der Waals surface area contributed by atoms with E-state index in [2.05, 4.69) is 15.9 Å². The molecule has 168 valence electrons. The fourth-order valence-corrected chi connectivity index (χ4v) is 4.38. The van der Waals surface area contributed by atoms with Crippen LogP contribution in [-0.2, 0) is 4.79 Å². The number of benzene rings is 2. The zero-order chi connectivity index (χ0) is 22.8. The van der Waals surface area contributed by atoms with Gasteiger partial charge >= 0.3 is 5.97 Å². The van der Waals surface area contributed by atoms with Crippen molar-refractivity contribution < 1.29 is 24.2 Å². The molecule has 0 saturated carbocycles. The molecule has 2 heterocycles. The van der Waals surface area contributed by atoms with Gasteiger partial charge in [0.25, 0.3) is 0 Å². The lowest BCUT2D eigenvalue weighted by molar-refractivity contribution is -0.141. The van der Waals surface area contributed by atoms with Gasteiger partial charge in [0.1, 0.15) is 24.2 Å². The molecule has 32 heavy (non-hydrogen) atoms. The Morgan fingerprint density at radius 3 is 2.88 bits per heavy atom. The minimum Gasteiger partial charge on any atom is -0.490 e. The highest BCUT2D eigenvalue weighted by atomic mass is 79.9. The molecule has 1 saturated heterocycles. The number of aliphatic hydroxyl groups is 1. The van der Waals surface area contributed by atoms with Crippen molar-refractivity contribution in [1.29, 1.82) is 0 Å². The van der Waals surface area contributed by atoms with E-state index in [1.807, 2.05) is 4.90 Å². The van der Waals surface area contributed by atoms with Gasteiger partial charge in [0, 0.05) is 23.6 Å². The number of β-amino-alcohol motifs (C(OH)–C–C–N with tert-alkyl or cyclic N) is 1. The molecule has 1 aliphatic heterocycles. The molecule has 1 aromatic heterocycles. The molecule has 0 amide bonds. The van der Waals surface area contributed by atoms with Crippen molar-refractivity contribution in [3.8, 4) is 17.1 Å². The fourth-order valence-electron chi connectivity index (χ4n) is 3.83. The molecule has 0 spiro atoms. The average Bonchev–Trinajstić information content (AvgIpc) is 3.22. The minimum absolute atomic E-state index is 0.00371. The van der Waals surface area contributed by atoms with E-state index in [1.165, 1.54) is 6.07 Å². The van der Waals surface area contributed by atoms with Gasteiger partial charge in [-0.1, -0.05) is 33.6 Å². The Kier molecular flexibility index (Phi) is 6.85. The van der Waals surface area contributed by atoms with Crippen molar-refractivity contribution in [2.45, 2.75) is 12.5 Å². The van der Waals surface area contributed by atoms with E-state index in [1.54, 1.807) is 36.4 Å². The largest absolute Gasteiger partial charge is 0.490 e. The summed E-state index contributed by atoms with van der Waals surface area (Å²) in [6, 6.07) is 11.7. The average molecular weight is 523 g/mol. The molecule has 1 aliphatic rings. The molecule has 1 fully saturated rings. The van der Waals surface area contributed by atoms with E-state index in [4.69, 9.17) is 25.9 Å². The monoisotopic (exact) mass is 521 g/mol.